The lowest BCUT2D eigenvalue weighted by molar-refractivity contribution is 0.0992. The molecule has 1 unspecified atom stereocenters. The van der Waals surface area contributed by atoms with Crippen LogP contribution in [-0.2, 0) is 6.42 Å². The van der Waals surface area contributed by atoms with Gasteiger partial charge in [-0.25, -0.2) is 0 Å². The van der Waals surface area contributed by atoms with Crippen LogP contribution in [0.15, 0.2) is 48.5 Å². The smallest absolute Gasteiger partial charge is 0.167 e. The van der Waals surface area contributed by atoms with Crippen molar-refractivity contribution in [2.24, 2.45) is 0 Å². The average Bonchev–Trinajstić information content (AvgIpc) is 2.39. The van der Waals surface area contributed by atoms with E-state index in [-0.39, 0.29) is 5.78 Å². The molecule has 0 fully saturated rings. The molecule has 0 amide bonds. The van der Waals surface area contributed by atoms with E-state index in [9.17, 15) is 9.90 Å². The molecule has 2 aromatic carbocycles. The van der Waals surface area contributed by atoms with Crippen LogP contribution in [0.5, 0.6) is 0 Å². The van der Waals surface area contributed by atoms with Crippen molar-refractivity contribution in [1.82, 2.24) is 0 Å². The first kappa shape index (κ1) is 13.5. The average molecular weight is 254 g/mol. The molecule has 1 atom stereocenters. The van der Waals surface area contributed by atoms with Crippen LogP contribution in [0.1, 0.15) is 40.1 Å². The van der Waals surface area contributed by atoms with Crippen molar-refractivity contribution in [3.05, 3.63) is 70.8 Å². The van der Waals surface area contributed by atoms with E-state index in [4.69, 9.17) is 0 Å². The highest BCUT2D eigenvalue weighted by Crippen LogP contribution is 2.15. The summed E-state index contributed by atoms with van der Waals surface area (Å²) in [5, 5.41) is 9.55. The molecule has 0 saturated heterocycles. The Balaban J connectivity index is 2.17. The standard InChI is InChI=1S/C17H18O2/c1-12-5-3-8-16(9-12)17(19)11-14-6-4-7-15(10-14)13(2)18/h3-10,13,18H,11H2,1-2H3. The molecule has 1 N–H and O–H groups in total. The number of aliphatic hydroxyl groups excluding tert-OH is 1. The van der Waals surface area contributed by atoms with Crippen LogP contribution in [0.25, 0.3) is 0 Å². The van der Waals surface area contributed by atoms with Gasteiger partial charge in [-0.2, -0.15) is 0 Å². The van der Waals surface area contributed by atoms with E-state index in [0.29, 0.717) is 6.42 Å². The SMILES string of the molecule is Cc1cccc(C(=O)Cc2cccc(C(C)O)c2)c1. The Morgan fingerprint density at radius 3 is 2.58 bits per heavy atom. The molecule has 0 bridgehead atoms. The number of hydrogen-bond acceptors (Lipinski definition) is 2. The van der Waals surface area contributed by atoms with Crippen LogP contribution in [0, 0.1) is 6.92 Å². The number of aliphatic hydroxyl groups is 1. The van der Waals surface area contributed by atoms with Crippen molar-refractivity contribution in [1.29, 1.82) is 0 Å². The number of rotatable bonds is 4. The lowest BCUT2D eigenvalue weighted by atomic mass is 9.99. The molecule has 0 aliphatic heterocycles. The zero-order chi connectivity index (χ0) is 13.8. The van der Waals surface area contributed by atoms with Gasteiger partial charge in [-0.3, -0.25) is 4.79 Å². The highest BCUT2D eigenvalue weighted by atomic mass is 16.3. The van der Waals surface area contributed by atoms with Crippen LogP contribution in [0.4, 0.5) is 0 Å². The van der Waals surface area contributed by atoms with Gasteiger partial charge in [0.2, 0.25) is 0 Å². The molecular formula is C17H18O2. The maximum Gasteiger partial charge on any atom is 0.167 e. The highest BCUT2D eigenvalue weighted by Gasteiger charge is 2.08. The van der Waals surface area contributed by atoms with E-state index in [2.05, 4.69) is 0 Å². The Hall–Kier alpha value is -1.93. The Bertz CT molecular complexity index is 585. The highest BCUT2D eigenvalue weighted by molar-refractivity contribution is 5.97. The lowest BCUT2D eigenvalue weighted by Crippen LogP contribution is -2.04. The summed E-state index contributed by atoms with van der Waals surface area (Å²) < 4.78 is 0. The van der Waals surface area contributed by atoms with Gasteiger partial charge in [0.1, 0.15) is 0 Å². The Morgan fingerprint density at radius 2 is 1.89 bits per heavy atom. The van der Waals surface area contributed by atoms with Gasteiger partial charge >= 0.3 is 0 Å². The summed E-state index contributed by atoms with van der Waals surface area (Å²) in [6.45, 7) is 3.70. The molecule has 0 spiro atoms. The number of ketones is 1. The molecule has 2 nitrogen and oxygen atoms in total. The van der Waals surface area contributed by atoms with Crippen LogP contribution < -0.4 is 0 Å². The van der Waals surface area contributed by atoms with Crippen LogP contribution in [0.2, 0.25) is 0 Å². The van der Waals surface area contributed by atoms with Gasteiger partial charge in [-0.15, -0.1) is 0 Å². The minimum absolute atomic E-state index is 0.103. The summed E-state index contributed by atoms with van der Waals surface area (Å²) in [5.41, 5.74) is 3.60. The third-order valence-electron chi connectivity index (χ3n) is 3.14. The third kappa shape index (κ3) is 3.52. The predicted octanol–water partition coefficient (Wildman–Crippen LogP) is 3.47. The van der Waals surface area contributed by atoms with Gasteiger partial charge in [-0.1, -0.05) is 48.0 Å². The molecule has 2 rings (SSSR count). The molecule has 0 aromatic heterocycles. The van der Waals surface area contributed by atoms with Gasteiger partial charge < -0.3 is 5.11 Å². The van der Waals surface area contributed by atoms with E-state index in [1.54, 1.807) is 6.92 Å². The molecule has 2 aromatic rings. The maximum atomic E-state index is 12.2. The van der Waals surface area contributed by atoms with Gasteiger partial charge in [0.15, 0.2) is 5.78 Å². The monoisotopic (exact) mass is 254 g/mol. The van der Waals surface area contributed by atoms with Gasteiger partial charge in [0.05, 0.1) is 6.10 Å². The van der Waals surface area contributed by atoms with E-state index in [1.165, 1.54) is 0 Å². The van der Waals surface area contributed by atoms with Crippen molar-refractivity contribution >= 4 is 5.78 Å². The van der Waals surface area contributed by atoms with Crippen LogP contribution >= 0.6 is 0 Å². The second-order valence-corrected chi connectivity index (χ2v) is 4.89. The summed E-state index contributed by atoms with van der Waals surface area (Å²) in [6, 6.07) is 15.2. The first-order valence-electron chi connectivity index (χ1n) is 6.43. The predicted molar refractivity (Wildman–Crippen MR) is 76.3 cm³/mol. The van der Waals surface area contributed by atoms with E-state index in [0.717, 1.165) is 22.3 Å². The Labute approximate surface area is 113 Å². The second kappa shape index (κ2) is 5.81. The van der Waals surface area contributed by atoms with Gasteiger partial charge in [0.25, 0.3) is 0 Å². The van der Waals surface area contributed by atoms with E-state index in [1.807, 2.05) is 55.5 Å². The van der Waals surface area contributed by atoms with Crippen molar-refractivity contribution < 1.29 is 9.90 Å². The normalized spacial score (nSPS) is 12.2. The van der Waals surface area contributed by atoms with Crippen molar-refractivity contribution in [2.45, 2.75) is 26.4 Å². The molecule has 98 valence electrons. The zero-order valence-electron chi connectivity index (χ0n) is 11.3. The quantitative estimate of drug-likeness (QED) is 0.848. The van der Waals surface area contributed by atoms with E-state index < -0.39 is 6.10 Å². The molecule has 0 heterocycles. The molecule has 2 heteroatoms. The molecule has 0 saturated carbocycles. The molecule has 0 aliphatic rings. The van der Waals surface area contributed by atoms with Crippen molar-refractivity contribution in [2.75, 3.05) is 0 Å². The molecule has 19 heavy (non-hydrogen) atoms. The number of benzene rings is 2. The zero-order valence-corrected chi connectivity index (χ0v) is 11.3. The number of carbonyl (C=O) groups excluding carboxylic acids is 1. The minimum atomic E-state index is -0.506. The fraction of sp³-hybridized carbons (Fsp3) is 0.235. The first-order chi connectivity index (χ1) is 9.06. The number of aryl methyl sites for hydroxylation is 1. The second-order valence-electron chi connectivity index (χ2n) is 4.89. The Kier molecular flexibility index (Phi) is 4.13. The summed E-state index contributed by atoms with van der Waals surface area (Å²) in [7, 11) is 0. The topological polar surface area (TPSA) is 37.3 Å². The fourth-order valence-corrected chi connectivity index (χ4v) is 2.07. The number of hydrogen-bond donors (Lipinski definition) is 1. The lowest BCUT2D eigenvalue weighted by Gasteiger charge is -2.07. The molecule has 0 aliphatic carbocycles. The number of Topliss-reactive ketones (excluding diaryl/α,β-unsaturated/α-hetero) is 1. The van der Waals surface area contributed by atoms with Gasteiger partial charge in [0, 0.05) is 12.0 Å². The minimum Gasteiger partial charge on any atom is -0.389 e. The van der Waals surface area contributed by atoms with Crippen molar-refractivity contribution in [3.63, 3.8) is 0 Å². The molecule has 0 radical (unpaired) electrons. The summed E-state index contributed by atoms with van der Waals surface area (Å²) >= 11 is 0. The molecular weight excluding hydrogens is 236 g/mol. The summed E-state index contributed by atoms with van der Waals surface area (Å²) in [6.07, 6.45) is -0.140. The number of carbonyl (C=O) groups is 1. The van der Waals surface area contributed by atoms with E-state index >= 15 is 0 Å². The van der Waals surface area contributed by atoms with Crippen molar-refractivity contribution in [3.8, 4) is 0 Å². The third-order valence-corrected chi connectivity index (χ3v) is 3.14. The largest absolute Gasteiger partial charge is 0.389 e. The Morgan fingerprint density at radius 1 is 1.16 bits per heavy atom. The van der Waals surface area contributed by atoms with Gasteiger partial charge in [-0.05, 0) is 31.0 Å². The first-order valence-corrected chi connectivity index (χ1v) is 6.43. The van der Waals surface area contributed by atoms with Crippen LogP contribution in [-0.4, -0.2) is 10.9 Å². The maximum absolute atomic E-state index is 12.2. The summed E-state index contributed by atoms with van der Waals surface area (Å²) in [4.78, 5) is 12.2. The van der Waals surface area contributed by atoms with Crippen LogP contribution in [0.3, 0.4) is 0 Å². The fourth-order valence-electron chi connectivity index (χ4n) is 2.07. The summed E-state index contributed by atoms with van der Waals surface area (Å²) in [5.74, 6) is 0.103.